The van der Waals surface area contributed by atoms with Crippen LogP contribution in [0.2, 0.25) is 0 Å². The molecule has 8 heteroatoms. The minimum Gasteiger partial charge on any atom is -0.341 e. The summed E-state index contributed by atoms with van der Waals surface area (Å²) in [6.45, 7) is 0.0758. The van der Waals surface area contributed by atoms with Gasteiger partial charge in [-0.2, -0.15) is 0 Å². The van der Waals surface area contributed by atoms with Crippen LogP contribution >= 0.6 is 10.7 Å². The third-order valence-electron chi connectivity index (χ3n) is 2.67. The number of carbonyl (C=O) groups excluding carboxylic acids is 1. The number of hydrogen-bond donors (Lipinski definition) is 0. The van der Waals surface area contributed by atoms with Gasteiger partial charge >= 0.3 is 0 Å². The molecule has 1 amide bonds. The van der Waals surface area contributed by atoms with Crippen LogP contribution in [0.4, 0.5) is 0 Å². The van der Waals surface area contributed by atoms with E-state index in [1.54, 1.807) is 11.9 Å². The average Bonchev–Trinajstić information content (AvgIpc) is 2.96. The Hall–Kier alpha value is -1.08. The van der Waals surface area contributed by atoms with Gasteiger partial charge in [0.2, 0.25) is 5.91 Å². The van der Waals surface area contributed by atoms with Crippen molar-refractivity contribution in [3.8, 4) is 0 Å². The van der Waals surface area contributed by atoms with Crippen molar-refractivity contribution in [2.24, 2.45) is 0 Å². The molecule has 0 N–H and O–H groups in total. The zero-order valence-electron chi connectivity index (χ0n) is 9.21. The number of imidazole rings is 1. The Labute approximate surface area is 104 Å². The van der Waals surface area contributed by atoms with E-state index < -0.39 is 9.05 Å². The summed E-state index contributed by atoms with van der Waals surface area (Å²) < 4.78 is 23.4. The highest BCUT2D eigenvalue weighted by Gasteiger charge is 2.29. The summed E-state index contributed by atoms with van der Waals surface area (Å²) in [5, 5.41) is -0.235. The second kappa shape index (κ2) is 4.30. The zero-order valence-corrected chi connectivity index (χ0v) is 10.8. The molecule has 17 heavy (non-hydrogen) atoms. The fraction of sp³-hybridized carbons (Fsp3) is 0.556. The third kappa shape index (κ3) is 2.98. The van der Waals surface area contributed by atoms with Crippen molar-refractivity contribution in [3.05, 3.63) is 12.5 Å². The largest absolute Gasteiger partial charge is 0.341 e. The van der Waals surface area contributed by atoms with Gasteiger partial charge in [0, 0.05) is 30.0 Å². The topological polar surface area (TPSA) is 72.3 Å². The van der Waals surface area contributed by atoms with Crippen LogP contribution in [0.1, 0.15) is 12.8 Å². The van der Waals surface area contributed by atoms with Gasteiger partial charge in [-0.3, -0.25) is 4.79 Å². The number of amides is 1. The molecule has 6 nitrogen and oxygen atoms in total. The average molecular weight is 278 g/mol. The molecular formula is C9H12ClN3O3S. The van der Waals surface area contributed by atoms with Crippen LogP contribution in [0.3, 0.4) is 0 Å². The van der Waals surface area contributed by atoms with E-state index in [4.69, 9.17) is 10.7 Å². The van der Waals surface area contributed by atoms with Crippen LogP contribution in [0, 0.1) is 0 Å². The van der Waals surface area contributed by atoms with Crippen LogP contribution < -0.4 is 0 Å². The van der Waals surface area contributed by atoms with E-state index in [1.165, 1.54) is 17.1 Å². The van der Waals surface area contributed by atoms with Gasteiger partial charge in [-0.15, -0.1) is 0 Å². The third-order valence-corrected chi connectivity index (χ3v) is 3.85. The van der Waals surface area contributed by atoms with Gasteiger partial charge in [0.1, 0.15) is 6.54 Å². The first kappa shape index (κ1) is 12.4. The van der Waals surface area contributed by atoms with Crippen molar-refractivity contribution in [1.82, 2.24) is 14.5 Å². The van der Waals surface area contributed by atoms with E-state index in [0.717, 1.165) is 12.8 Å². The number of halogens is 1. The highest BCUT2D eigenvalue weighted by Crippen LogP contribution is 2.25. The summed E-state index contributed by atoms with van der Waals surface area (Å²) in [6.07, 6.45) is 4.61. The molecule has 0 saturated heterocycles. The predicted molar refractivity (Wildman–Crippen MR) is 61.1 cm³/mol. The second-order valence-corrected chi connectivity index (χ2v) is 6.57. The number of aromatic nitrogens is 2. The fourth-order valence-electron chi connectivity index (χ4n) is 1.49. The van der Waals surface area contributed by atoms with Crippen LogP contribution in [0.25, 0.3) is 0 Å². The molecule has 0 bridgehead atoms. The van der Waals surface area contributed by atoms with E-state index in [-0.39, 0.29) is 17.5 Å². The first-order chi connectivity index (χ1) is 7.88. The Bertz CT molecular complexity index is 535. The summed E-state index contributed by atoms with van der Waals surface area (Å²) in [5.41, 5.74) is 0. The maximum absolute atomic E-state index is 11.7. The lowest BCUT2D eigenvalue weighted by Crippen LogP contribution is -2.31. The number of nitrogens with zero attached hydrogens (tertiary/aromatic N) is 3. The first-order valence-corrected chi connectivity index (χ1v) is 7.41. The molecule has 0 aromatic carbocycles. The van der Waals surface area contributed by atoms with Crippen LogP contribution in [0.15, 0.2) is 17.6 Å². The molecule has 1 saturated carbocycles. The van der Waals surface area contributed by atoms with E-state index >= 15 is 0 Å². The lowest BCUT2D eigenvalue weighted by molar-refractivity contribution is -0.131. The summed E-state index contributed by atoms with van der Waals surface area (Å²) in [7, 11) is 3.05. The molecule has 2 rings (SSSR count). The SMILES string of the molecule is CN(C(=O)Cn1cnc(S(=O)(=O)Cl)c1)C1CC1. The smallest absolute Gasteiger partial charge is 0.280 e. The predicted octanol–water partition coefficient (Wildman–Crippen LogP) is 0.431. The maximum atomic E-state index is 11.7. The van der Waals surface area contributed by atoms with Crippen LogP contribution in [-0.2, 0) is 20.4 Å². The quantitative estimate of drug-likeness (QED) is 0.748. The number of carbonyl (C=O) groups is 1. The maximum Gasteiger partial charge on any atom is 0.280 e. The van der Waals surface area contributed by atoms with Crippen molar-refractivity contribution < 1.29 is 13.2 Å². The summed E-state index contributed by atoms with van der Waals surface area (Å²) in [5.74, 6) is -0.0663. The van der Waals surface area contributed by atoms with Gasteiger partial charge in [-0.1, -0.05) is 0 Å². The first-order valence-electron chi connectivity index (χ1n) is 5.10. The Balaban J connectivity index is 2.04. The van der Waals surface area contributed by atoms with Gasteiger partial charge in [-0.05, 0) is 12.8 Å². The minimum absolute atomic E-state index is 0.0663. The molecule has 0 spiro atoms. The van der Waals surface area contributed by atoms with Gasteiger partial charge < -0.3 is 9.47 Å². The lowest BCUT2D eigenvalue weighted by Gasteiger charge is -2.16. The molecule has 1 aliphatic carbocycles. The standard InChI is InChI=1S/C9H12ClN3O3S/c1-12(7-2-3-7)9(14)5-13-4-8(11-6-13)17(10,15)16/h4,6-7H,2-3,5H2,1H3. The van der Waals surface area contributed by atoms with Crippen LogP contribution in [0.5, 0.6) is 0 Å². The molecular weight excluding hydrogens is 266 g/mol. The molecule has 1 fully saturated rings. The van der Waals surface area contributed by atoms with Crippen molar-refractivity contribution in [1.29, 1.82) is 0 Å². The second-order valence-electron chi connectivity index (χ2n) is 4.06. The molecule has 1 aliphatic rings. The Kier molecular flexibility index (Phi) is 3.13. The summed E-state index contributed by atoms with van der Waals surface area (Å²) in [4.78, 5) is 17.1. The van der Waals surface area contributed by atoms with Crippen molar-refractivity contribution >= 4 is 25.6 Å². The number of hydrogen-bond acceptors (Lipinski definition) is 4. The molecule has 0 atom stereocenters. The fourth-order valence-corrected chi connectivity index (χ4v) is 2.16. The molecule has 1 aromatic rings. The van der Waals surface area contributed by atoms with Crippen molar-refractivity contribution in [2.45, 2.75) is 30.5 Å². The monoisotopic (exact) mass is 277 g/mol. The molecule has 94 valence electrons. The normalized spacial score (nSPS) is 15.9. The Morgan fingerprint density at radius 3 is 2.76 bits per heavy atom. The minimum atomic E-state index is -3.83. The highest BCUT2D eigenvalue weighted by molar-refractivity contribution is 8.13. The molecule has 0 unspecified atom stereocenters. The molecule has 0 aliphatic heterocycles. The van der Waals surface area contributed by atoms with Gasteiger partial charge in [-0.25, -0.2) is 13.4 Å². The lowest BCUT2D eigenvalue weighted by atomic mass is 10.5. The van der Waals surface area contributed by atoms with Gasteiger partial charge in [0.25, 0.3) is 9.05 Å². The Morgan fingerprint density at radius 1 is 1.65 bits per heavy atom. The van der Waals surface area contributed by atoms with Gasteiger partial charge in [0.05, 0.1) is 6.33 Å². The number of likely N-dealkylation sites (N-methyl/N-ethyl adjacent to an activating group) is 1. The van der Waals surface area contributed by atoms with Gasteiger partial charge in [0.15, 0.2) is 5.03 Å². The molecule has 0 radical (unpaired) electrons. The molecule has 1 aromatic heterocycles. The highest BCUT2D eigenvalue weighted by atomic mass is 35.7. The van der Waals surface area contributed by atoms with Crippen molar-refractivity contribution in [3.63, 3.8) is 0 Å². The van der Waals surface area contributed by atoms with E-state index in [9.17, 15) is 13.2 Å². The number of rotatable bonds is 4. The van der Waals surface area contributed by atoms with E-state index in [1.807, 2.05) is 0 Å². The van der Waals surface area contributed by atoms with E-state index in [2.05, 4.69) is 4.98 Å². The summed E-state index contributed by atoms with van der Waals surface area (Å²) in [6, 6.07) is 0.335. The van der Waals surface area contributed by atoms with Crippen molar-refractivity contribution in [2.75, 3.05) is 7.05 Å². The zero-order chi connectivity index (χ0) is 12.6. The summed E-state index contributed by atoms with van der Waals surface area (Å²) >= 11 is 0. The Morgan fingerprint density at radius 2 is 2.29 bits per heavy atom. The molecule has 1 heterocycles. The van der Waals surface area contributed by atoms with Crippen LogP contribution in [-0.4, -0.2) is 41.9 Å². The van der Waals surface area contributed by atoms with E-state index in [0.29, 0.717) is 6.04 Å².